The zero-order valence-corrected chi connectivity index (χ0v) is 49.4. The third-order valence-corrected chi connectivity index (χ3v) is 16.7. The van der Waals surface area contributed by atoms with Crippen molar-refractivity contribution >= 4 is 52.3 Å². The molecule has 3 aliphatic heterocycles. The van der Waals surface area contributed by atoms with E-state index in [9.17, 15) is 19.2 Å². The largest absolute Gasteiger partial charge is 0.495 e. The number of halogens is 3. The summed E-state index contributed by atoms with van der Waals surface area (Å²) in [7, 11) is 9.12. The highest BCUT2D eigenvalue weighted by molar-refractivity contribution is 9.10. The second-order valence-corrected chi connectivity index (χ2v) is 23.1. The number of ether oxygens (including phenoxy) is 6. The van der Waals surface area contributed by atoms with Crippen LogP contribution in [0, 0.1) is 11.6 Å². The van der Waals surface area contributed by atoms with Crippen molar-refractivity contribution in [2.24, 2.45) is 0 Å². The van der Waals surface area contributed by atoms with Crippen molar-refractivity contribution in [3.05, 3.63) is 170 Å². The van der Waals surface area contributed by atoms with Gasteiger partial charge in [0, 0.05) is 84.4 Å². The zero-order chi connectivity index (χ0) is 58.8. The Hall–Kier alpha value is -7.28. The van der Waals surface area contributed by atoms with Gasteiger partial charge >= 0.3 is 19.1 Å². The highest BCUT2D eigenvalue weighted by atomic mass is 79.9. The number of fused-ring (bicyclic) bond motifs is 4. The molecule has 0 saturated carbocycles. The third-order valence-electron chi connectivity index (χ3n) is 16.0. The molecule has 0 bridgehead atoms. The molecule has 0 unspecified atom stereocenters. The van der Waals surface area contributed by atoms with E-state index in [-0.39, 0.29) is 67.5 Å². The van der Waals surface area contributed by atoms with Gasteiger partial charge < -0.3 is 47.5 Å². The van der Waals surface area contributed by atoms with Crippen LogP contribution >= 0.6 is 15.9 Å². The normalized spacial score (nSPS) is 18.8. The number of methoxy groups -OCH3 is 2. The first kappa shape index (κ1) is 61.8. The fraction of sp³-hybridized carbons (Fsp3) is 0.385. The average Bonchev–Trinajstić information content (AvgIpc) is 2.86. The summed E-state index contributed by atoms with van der Waals surface area (Å²) in [5.74, 6) is 1.23. The Kier molecular flexibility index (Phi) is 19.1. The van der Waals surface area contributed by atoms with E-state index in [0.717, 1.165) is 43.3 Å². The molecule has 1 saturated heterocycles. The van der Waals surface area contributed by atoms with Crippen LogP contribution in [0.4, 0.5) is 8.78 Å². The molecule has 14 nitrogen and oxygen atoms in total. The van der Waals surface area contributed by atoms with Gasteiger partial charge in [0.05, 0.1) is 57.0 Å². The number of hydrogen-bond acceptors (Lipinski definition) is 12. The summed E-state index contributed by atoms with van der Waals surface area (Å²) >= 11 is 3.32. The van der Waals surface area contributed by atoms with Crippen LogP contribution in [0.3, 0.4) is 0 Å². The van der Waals surface area contributed by atoms with Crippen molar-refractivity contribution in [2.75, 3.05) is 55.6 Å². The second-order valence-electron chi connectivity index (χ2n) is 22.3. The standard InChI is InChI=1S/C29H28FNO5.C26H30BFO6.C9H10BrNO.CH4/c1-31(2)29(33)23-7-5-4-6-20(23)21-10-12-24(30)28-22(21)11-13-25(28)36-18-8-9-19-17(14-27(32)34-3)16-35-26(19)15-18;1-25(2)26(3,4)34-27(33-25)19-9-10-20(28)24-18(19)8-11-21(24)32-16-6-7-17-15(12-23(29)30-5)14-31-22(17)13-16;1-11(2)9(12)7-5-3-4-6-8(7)10;/h4-10,12,15,17,25H,11,13-14,16H2,1-3H3;6-7,9-10,13,15,21H,8,11-12,14H2,1-5H3;3-6H,1-2H3;1H4/t17-,25-;15-,21-;;/m11../s1. The van der Waals surface area contributed by atoms with Gasteiger partial charge in [-0.25, -0.2) is 8.78 Å². The van der Waals surface area contributed by atoms with Crippen LogP contribution in [-0.4, -0.2) is 107 Å². The first-order valence-electron chi connectivity index (χ1n) is 27.3. The molecule has 2 aliphatic carbocycles. The molecule has 18 heteroatoms. The van der Waals surface area contributed by atoms with E-state index in [4.69, 9.17) is 37.7 Å². The Balaban J connectivity index is 0.000000180. The number of esters is 2. The minimum Gasteiger partial charge on any atom is -0.492 e. The molecule has 4 atom stereocenters. The number of carbonyl (C=O) groups excluding carboxylic acids is 4. The molecule has 83 heavy (non-hydrogen) atoms. The molecule has 0 spiro atoms. The molecule has 3 heterocycles. The lowest BCUT2D eigenvalue weighted by molar-refractivity contribution is -0.142. The minimum absolute atomic E-state index is 0. The molecular weight excluding hydrogens is 1130 g/mol. The van der Waals surface area contributed by atoms with Gasteiger partial charge in [-0.15, -0.1) is 0 Å². The SMILES string of the molecule is C.CN(C)C(=O)c1ccccc1Br.COC(=O)C[C@@H]1COc2cc(O[C@@H]3CCc4c(-c5ccccc5C(=O)N(C)C)ccc(F)c43)ccc21.COC(=O)C[C@@H]1COc2cc(O[C@@H]3CCc4c(B5OC(C)(C)C(C)(C)O5)ccc(F)c43)ccc21. The number of carbonyl (C=O) groups is 4. The fourth-order valence-corrected chi connectivity index (χ4v) is 11.4. The predicted molar refractivity (Wildman–Crippen MR) is 317 cm³/mol. The smallest absolute Gasteiger partial charge is 0.492 e. The maximum Gasteiger partial charge on any atom is 0.495 e. The highest BCUT2D eigenvalue weighted by Gasteiger charge is 2.53. The zero-order valence-electron chi connectivity index (χ0n) is 47.9. The third kappa shape index (κ3) is 13.1. The van der Waals surface area contributed by atoms with E-state index >= 15 is 8.78 Å². The molecule has 2 amide bonds. The lowest BCUT2D eigenvalue weighted by atomic mass is 9.75. The first-order chi connectivity index (χ1) is 39.1. The van der Waals surface area contributed by atoms with Crippen molar-refractivity contribution in [3.8, 4) is 34.1 Å². The highest BCUT2D eigenvalue weighted by Crippen LogP contribution is 2.46. The molecule has 11 rings (SSSR count). The van der Waals surface area contributed by atoms with Crippen LogP contribution in [0.1, 0.15) is 139 Å². The fourth-order valence-electron chi connectivity index (χ4n) is 11.0. The van der Waals surface area contributed by atoms with Gasteiger partial charge in [0.25, 0.3) is 11.8 Å². The number of hydrogen-bond donors (Lipinski definition) is 0. The van der Waals surface area contributed by atoms with Crippen molar-refractivity contribution in [2.45, 2.75) is 109 Å². The Bertz CT molecular complexity index is 3390. The molecule has 0 aromatic heterocycles. The van der Waals surface area contributed by atoms with Gasteiger partial charge in [-0.05, 0) is 139 Å². The predicted octanol–water partition coefficient (Wildman–Crippen LogP) is 12.3. The maximum atomic E-state index is 15.1. The number of amides is 2. The van der Waals surface area contributed by atoms with E-state index < -0.39 is 30.5 Å². The molecule has 0 radical (unpaired) electrons. The molecule has 0 N–H and O–H groups in total. The second kappa shape index (κ2) is 25.7. The Labute approximate surface area is 493 Å². The van der Waals surface area contributed by atoms with Gasteiger partial charge in [0.15, 0.2) is 0 Å². The Morgan fingerprint density at radius 1 is 0.602 bits per heavy atom. The molecule has 6 aromatic rings. The van der Waals surface area contributed by atoms with Gasteiger partial charge in [-0.1, -0.05) is 62.0 Å². The summed E-state index contributed by atoms with van der Waals surface area (Å²) in [6, 6.07) is 32.4. The van der Waals surface area contributed by atoms with E-state index in [0.29, 0.717) is 84.1 Å². The summed E-state index contributed by atoms with van der Waals surface area (Å²) in [5, 5.41) is 0. The summed E-state index contributed by atoms with van der Waals surface area (Å²) in [6.45, 7) is 8.86. The van der Waals surface area contributed by atoms with Gasteiger partial charge in [-0.2, -0.15) is 0 Å². The van der Waals surface area contributed by atoms with Crippen LogP contribution in [-0.2, 0) is 41.2 Å². The molecule has 6 aromatic carbocycles. The number of rotatable bonds is 12. The lowest BCUT2D eigenvalue weighted by Crippen LogP contribution is -2.41. The summed E-state index contributed by atoms with van der Waals surface area (Å²) in [5.41, 5.74) is 7.61. The van der Waals surface area contributed by atoms with Crippen LogP contribution in [0.25, 0.3) is 11.1 Å². The van der Waals surface area contributed by atoms with Gasteiger partial charge in [0.2, 0.25) is 0 Å². The van der Waals surface area contributed by atoms with Crippen molar-refractivity contribution in [1.82, 2.24) is 9.80 Å². The monoisotopic (exact) mass is 1200 g/mol. The minimum atomic E-state index is -0.543. The van der Waals surface area contributed by atoms with Gasteiger partial charge in [-0.3, -0.25) is 19.2 Å². The van der Waals surface area contributed by atoms with Crippen LogP contribution in [0.15, 0.2) is 114 Å². The summed E-state index contributed by atoms with van der Waals surface area (Å²) in [6.07, 6.45) is 2.25. The first-order valence-corrected chi connectivity index (χ1v) is 28.1. The number of benzene rings is 6. The molecule has 5 aliphatic rings. The Morgan fingerprint density at radius 3 is 1.57 bits per heavy atom. The van der Waals surface area contributed by atoms with Crippen molar-refractivity contribution < 1.29 is 65.7 Å². The lowest BCUT2D eigenvalue weighted by Gasteiger charge is -2.32. The summed E-state index contributed by atoms with van der Waals surface area (Å²) in [4.78, 5) is 50.7. The quantitative estimate of drug-likeness (QED) is 0.0848. The van der Waals surface area contributed by atoms with Crippen LogP contribution < -0.4 is 24.4 Å². The number of nitrogens with zero attached hydrogens (tertiary/aromatic N) is 2. The molecule has 438 valence electrons. The van der Waals surface area contributed by atoms with E-state index in [1.165, 1.54) is 26.4 Å². The van der Waals surface area contributed by atoms with Crippen LogP contribution in [0.2, 0.25) is 0 Å². The van der Waals surface area contributed by atoms with Crippen LogP contribution in [0.5, 0.6) is 23.0 Å². The van der Waals surface area contributed by atoms with Crippen molar-refractivity contribution in [3.63, 3.8) is 0 Å². The molecular formula is C65H72BBrF2N2O12. The van der Waals surface area contributed by atoms with Crippen molar-refractivity contribution in [1.29, 1.82) is 0 Å². The topological polar surface area (TPSA) is 149 Å². The average molecular weight is 1200 g/mol. The van der Waals surface area contributed by atoms with Gasteiger partial charge in [0.1, 0.15) is 46.8 Å². The maximum absolute atomic E-state index is 15.1. The summed E-state index contributed by atoms with van der Waals surface area (Å²) < 4.78 is 77.1. The van der Waals surface area contributed by atoms with E-state index in [1.54, 1.807) is 68.3 Å². The molecule has 1 fully saturated rings. The Morgan fingerprint density at radius 2 is 1.06 bits per heavy atom. The van der Waals surface area contributed by atoms with E-state index in [2.05, 4.69) is 15.9 Å². The van der Waals surface area contributed by atoms with E-state index in [1.807, 2.05) is 94.4 Å².